The quantitative estimate of drug-likeness (QED) is 0.491. The van der Waals surface area contributed by atoms with Gasteiger partial charge in [-0.05, 0) is 36.8 Å². The van der Waals surface area contributed by atoms with E-state index in [1.54, 1.807) is 23.8 Å². The van der Waals surface area contributed by atoms with E-state index in [1.165, 1.54) is 11.8 Å². The zero-order valence-electron chi connectivity index (χ0n) is 14.7. The molecule has 1 heterocycles. The van der Waals surface area contributed by atoms with Crippen LogP contribution in [0.5, 0.6) is 0 Å². The van der Waals surface area contributed by atoms with Gasteiger partial charge in [0.05, 0.1) is 35.2 Å². The van der Waals surface area contributed by atoms with Gasteiger partial charge in [-0.15, -0.1) is 0 Å². The summed E-state index contributed by atoms with van der Waals surface area (Å²) < 4.78 is 6.94. The van der Waals surface area contributed by atoms with Gasteiger partial charge in [0.25, 0.3) is 5.56 Å². The van der Waals surface area contributed by atoms with Gasteiger partial charge < -0.3 is 4.74 Å². The Morgan fingerprint density at radius 2 is 2.08 bits per heavy atom. The summed E-state index contributed by atoms with van der Waals surface area (Å²) >= 11 is 1.49. The van der Waals surface area contributed by atoms with Gasteiger partial charge in [0.15, 0.2) is 5.16 Å². The van der Waals surface area contributed by atoms with E-state index < -0.39 is 0 Å². The molecule has 5 nitrogen and oxygen atoms in total. The van der Waals surface area contributed by atoms with Gasteiger partial charge in [-0.2, -0.15) is 5.26 Å². The maximum Gasteiger partial charge on any atom is 0.262 e. The first kappa shape index (κ1) is 18.2. The van der Waals surface area contributed by atoms with Crippen molar-refractivity contribution < 1.29 is 4.74 Å². The summed E-state index contributed by atoms with van der Waals surface area (Å²) in [5.41, 5.74) is 2.27. The molecule has 0 saturated carbocycles. The molecule has 0 aliphatic heterocycles. The highest BCUT2D eigenvalue weighted by Gasteiger charge is 2.16. The fraction of sp³-hybridized carbons (Fsp3) is 0.250. The van der Waals surface area contributed by atoms with Crippen molar-refractivity contribution in [1.82, 2.24) is 9.55 Å². The second-order valence-electron chi connectivity index (χ2n) is 5.99. The molecule has 1 aromatic heterocycles. The van der Waals surface area contributed by atoms with Crippen molar-refractivity contribution in [3.8, 4) is 6.07 Å². The number of nitrogens with zero attached hydrogens (tertiary/aromatic N) is 3. The molecule has 132 valence electrons. The smallest absolute Gasteiger partial charge is 0.262 e. The third-order valence-electron chi connectivity index (χ3n) is 4.05. The van der Waals surface area contributed by atoms with E-state index in [0.717, 1.165) is 5.56 Å². The van der Waals surface area contributed by atoms with Crippen molar-refractivity contribution in [3.05, 3.63) is 70.0 Å². The summed E-state index contributed by atoms with van der Waals surface area (Å²) in [6.07, 6.45) is 0. The topological polar surface area (TPSA) is 67.9 Å². The standard InChI is InChI=1S/C20H19N3O2S/c1-14(12-25-2)23-19(24)17-8-3-4-9-18(17)22-20(23)26-13-16-7-5-6-15(10-16)11-21/h3-10,14H,12-13H2,1-2H3/t14-/m0/s1. The zero-order chi connectivity index (χ0) is 18.5. The van der Waals surface area contributed by atoms with E-state index in [4.69, 9.17) is 15.0 Å². The lowest BCUT2D eigenvalue weighted by molar-refractivity contribution is 0.156. The Balaban J connectivity index is 2.01. The molecule has 6 heteroatoms. The molecule has 3 rings (SSSR count). The van der Waals surface area contributed by atoms with Crippen LogP contribution in [-0.2, 0) is 10.5 Å². The van der Waals surface area contributed by atoms with Gasteiger partial charge in [0.2, 0.25) is 0 Å². The molecule has 3 aromatic rings. The Bertz CT molecular complexity index is 1020. The van der Waals surface area contributed by atoms with Gasteiger partial charge in [-0.3, -0.25) is 9.36 Å². The average Bonchev–Trinajstić information content (AvgIpc) is 2.66. The number of nitriles is 1. The van der Waals surface area contributed by atoms with Gasteiger partial charge in [0, 0.05) is 12.9 Å². The Morgan fingerprint density at radius 3 is 2.85 bits per heavy atom. The molecular weight excluding hydrogens is 346 g/mol. The van der Waals surface area contributed by atoms with Gasteiger partial charge in [-0.1, -0.05) is 36.0 Å². The van der Waals surface area contributed by atoms with Crippen LogP contribution >= 0.6 is 11.8 Å². The SMILES string of the molecule is COC[C@H](C)n1c(SCc2cccc(C#N)c2)nc2ccccc2c1=O. The molecule has 0 spiro atoms. The summed E-state index contributed by atoms with van der Waals surface area (Å²) in [6, 6.07) is 16.9. The lowest BCUT2D eigenvalue weighted by atomic mass is 10.2. The summed E-state index contributed by atoms with van der Waals surface area (Å²) in [4.78, 5) is 17.7. The highest BCUT2D eigenvalue weighted by atomic mass is 32.2. The minimum absolute atomic E-state index is 0.0616. The average molecular weight is 365 g/mol. The zero-order valence-corrected chi connectivity index (χ0v) is 15.5. The first-order chi connectivity index (χ1) is 12.6. The Hall–Kier alpha value is -2.62. The van der Waals surface area contributed by atoms with Gasteiger partial charge >= 0.3 is 0 Å². The molecule has 0 amide bonds. The van der Waals surface area contributed by atoms with Crippen molar-refractivity contribution in [1.29, 1.82) is 5.26 Å². The van der Waals surface area contributed by atoms with Crippen LogP contribution in [-0.4, -0.2) is 23.3 Å². The van der Waals surface area contributed by atoms with E-state index >= 15 is 0 Å². The maximum absolute atomic E-state index is 13.0. The van der Waals surface area contributed by atoms with Gasteiger partial charge in [0.1, 0.15) is 0 Å². The minimum Gasteiger partial charge on any atom is -0.383 e. The number of hydrogen-bond acceptors (Lipinski definition) is 5. The van der Waals surface area contributed by atoms with Crippen molar-refractivity contribution in [2.45, 2.75) is 23.9 Å². The Labute approximate surface area is 156 Å². The summed E-state index contributed by atoms with van der Waals surface area (Å²) in [5.74, 6) is 0.625. The number of hydrogen-bond donors (Lipinski definition) is 0. The number of rotatable bonds is 6. The minimum atomic E-state index is -0.127. The predicted octanol–water partition coefficient (Wildman–Crippen LogP) is 3.77. The Kier molecular flexibility index (Phi) is 5.71. The predicted molar refractivity (Wildman–Crippen MR) is 103 cm³/mol. The number of ether oxygens (including phenoxy) is 1. The van der Waals surface area contributed by atoms with Crippen LogP contribution in [0.2, 0.25) is 0 Å². The van der Waals surface area contributed by atoms with Crippen LogP contribution in [0.25, 0.3) is 10.9 Å². The van der Waals surface area contributed by atoms with Crippen molar-refractivity contribution >= 4 is 22.7 Å². The molecule has 0 saturated heterocycles. The molecule has 26 heavy (non-hydrogen) atoms. The fourth-order valence-electron chi connectivity index (χ4n) is 2.81. The molecular formula is C20H19N3O2S. The Morgan fingerprint density at radius 1 is 1.27 bits per heavy atom. The number of thioether (sulfide) groups is 1. The molecule has 0 radical (unpaired) electrons. The first-order valence-corrected chi connectivity index (χ1v) is 9.24. The van der Waals surface area contributed by atoms with E-state index in [1.807, 2.05) is 43.3 Å². The highest BCUT2D eigenvalue weighted by molar-refractivity contribution is 7.98. The lowest BCUT2D eigenvalue weighted by Gasteiger charge is -2.19. The number of aromatic nitrogens is 2. The van der Waals surface area contributed by atoms with E-state index in [0.29, 0.717) is 34.0 Å². The molecule has 1 atom stereocenters. The van der Waals surface area contributed by atoms with Crippen LogP contribution in [0.4, 0.5) is 0 Å². The maximum atomic E-state index is 13.0. The second kappa shape index (κ2) is 8.17. The van der Waals surface area contributed by atoms with Crippen LogP contribution in [0.15, 0.2) is 58.5 Å². The van der Waals surface area contributed by atoms with E-state index in [2.05, 4.69) is 6.07 Å². The normalized spacial score (nSPS) is 12.0. The molecule has 0 bridgehead atoms. The molecule has 0 unspecified atom stereocenters. The van der Waals surface area contributed by atoms with Gasteiger partial charge in [-0.25, -0.2) is 4.98 Å². The monoisotopic (exact) mass is 365 g/mol. The molecule has 0 aliphatic carbocycles. The van der Waals surface area contributed by atoms with E-state index in [-0.39, 0.29) is 11.6 Å². The van der Waals surface area contributed by atoms with Crippen LogP contribution in [0, 0.1) is 11.3 Å². The van der Waals surface area contributed by atoms with Crippen LogP contribution in [0.3, 0.4) is 0 Å². The number of para-hydroxylation sites is 1. The number of methoxy groups -OCH3 is 1. The van der Waals surface area contributed by atoms with Crippen molar-refractivity contribution in [3.63, 3.8) is 0 Å². The highest BCUT2D eigenvalue weighted by Crippen LogP contribution is 2.25. The molecule has 0 fully saturated rings. The fourth-order valence-corrected chi connectivity index (χ4v) is 3.85. The second-order valence-corrected chi connectivity index (χ2v) is 6.93. The molecule has 0 N–H and O–H groups in total. The van der Waals surface area contributed by atoms with Crippen LogP contribution in [0.1, 0.15) is 24.1 Å². The summed E-state index contributed by atoms with van der Waals surface area (Å²) in [7, 11) is 1.62. The molecule has 0 aliphatic rings. The summed E-state index contributed by atoms with van der Waals surface area (Å²) in [5, 5.41) is 10.3. The van der Waals surface area contributed by atoms with Crippen molar-refractivity contribution in [2.75, 3.05) is 13.7 Å². The third kappa shape index (κ3) is 3.79. The number of benzene rings is 2. The number of fused-ring (bicyclic) bond motifs is 1. The summed E-state index contributed by atoms with van der Waals surface area (Å²) in [6.45, 7) is 2.37. The third-order valence-corrected chi connectivity index (χ3v) is 5.07. The van der Waals surface area contributed by atoms with Crippen LogP contribution < -0.4 is 5.56 Å². The first-order valence-electron chi connectivity index (χ1n) is 8.26. The largest absolute Gasteiger partial charge is 0.383 e. The van der Waals surface area contributed by atoms with Crippen molar-refractivity contribution in [2.24, 2.45) is 0 Å². The lowest BCUT2D eigenvalue weighted by Crippen LogP contribution is -2.28. The van der Waals surface area contributed by atoms with E-state index in [9.17, 15) is 4.79 Å². The molecule has 2 aromatic carbocycles.